The maximum absolute atomic E-state index is 6.06. The molecule has 20 heavy (non-hydrogen) atoms. The summed E-state index contributed by atoms with van der Waals surface area (Å²) in [6.07, 6.45) is 3.17. The number of rotatable bonds is 9. The van der Waals surface area contributed by atoms with E-state index in [9.17, 15) is 0 Å². The molecule has 3 heteroatoms. The quantitative estimate of drug-likeness (QED) is 0.475. The molecule has 2 nitrogen and oxygen atoms in total. The summed E-state index contributed by atoms with van der Waals surface area (Å²) >= 11 is 6.06. The molecule has 0 aromatic heterocycles. The zero-order chi connectivity index (χ0) is 15.0. The van der Waals surface area contributed by atoms with Crippen molar-refractivity contribution in [2.45, 2.75) is 40.0 Å². The van der Waals surface area contributed by atoms with Gasteiger partial charge in [0.15, 0.2) is 11.5 Å². The van der Waals surface area contributed by atoms with Crippen LogP contribution in [0, 0.1) is 11.8 Å². The molecule has 0 unspecified atom stereocenters. The van der Waals surface area contributed by atoms with Crippen molar-refractivity contribution >= 4 is 11.6 Å². The van der Waals surface area contributed by atoms with E-state index in [0.29, 0.717) is 17.7 Å². The van der Waals surface area contributed by atoms with Crippen molar-refractivity contribution in [2.24, 2.45) is 11.8 Å². The molecule has 0 spiro atoms. The van der Waals surface area contributed by atoms with E-state index in [1.54, 1.807) is 7.11 Å². The highest BCUT2D eigenvalue weighted by molar-refractivity contribution is 6.18. The van der Waals surface area contributed by atoms with Gasteiger partial charge in [-0.05, 0) is 42.4 Å². The molecule has 0 saturated carbocycles. The summed E-state index contributed by atoms with van der Waals surface area (Å²) in [7, 11) is 1.68. The van der Waals surface area contributed by atoms with Crippen LogP contribution in [0.2, 0.25) is 0 Å². The second-order valence-electron chi connectivity index (χ2n) is 5.55. The minimum absolute atomic E-state index is 0.494. The van der Waals surface area contributed by atoms with Crippen LogP contribution in [0.5, 0.6) is 11.5 Å². The fourth-order valence-corrected chi connectivity index (χ4v) is 2.52. The number of hydrogen-bond acceptors (Lipinski definition) is 2. The summed E-state index contributed by atoms with van der Waals surface area (Å²) in [5.74, 6) is 3.41. The van der Waals surface area contributed by atoms with E-state index in [1.165, 1.54) is 5.56 Å². The molecule has 0 radical (unpaired) electrons. The highest BCUT2D eigenvalue weighted by Gasteiger charge is 2.14. The lowest BCUT2D eigenvalue weighted by Crippen LogP contribution is -2.13. The van der Waals surface area contributed by atoms with Crippen molar-refractivity contribution in [3.8, 4) is 11.5 Å². The zero-order valence-corrected chi connectivity index (χ0v) is 13.9. The standard InChI is InChI=1S/C17H27ClO2/c1-5-6-9-20-17-11-14(7-8-16(17)19-4)10-15(12-18)13(2)3/h7-8,11,13,15H,5-6,9-10,12H2,1-4H3/t15-/m0/s1. The topological polar surface area (TPSA) is 18.5 Å². The van der Waals surface area contributed by atoms with Crippen LogP contribution < -0.4 is 9.47 Å². The van der Waals surface area contributed by atoms with Gasteiger partial charge in [-0.1, -0.05) is 33.3 Å². The Bertz CT molecular complexity index is 391. The van der Waals surface area contributed by atoms with Gasteiger partial charge in [0, 0.05) is 5.88 Å². The fourth-order valence-electron chi connectivity index (χ4n) is 2.06. The number of halogens is 1. The molecule has 0 bridgehead atoms. The van der Waals surface area contributed by atoms with Crippen molar-refractivity contribution < 1.29 is 9.47 Å². The number of unbranched alkanes of at least 4 members (excludes halogenated alkanes) is 1. The van der Waals surface area contributed by atoms with Gasteiger partial charge < -0.3 is 9.47 Å². The largest absolute Gasteiger partial charge is 0.493 e. The van der Waals surface area contributed by atoms with E-state index in [4.69, 9.17) is 21.1 Å². The second-order valence-corrected chi connectivity index (χ2v) is 5.86. The minimum atomic E-state index is 0.494. The van der Waals surface area contributed by atoms with Crippen molar-refractivity contribution in [3.05, 3.63) is 23.8 Å². The molecule has 114 valence electrons. The first-order valence-corrected chi connectivity index (χ1v) is 8.01. The summed E-state index contributed by atoms with van der Waals surface area (Å²) in [6.45, 7) is 7.33. The molecule has 0 aliphatic carbocycles. The molecule has 0 heterocycles. The third-order valence-corrected chi connectivity index (χ3v) is 4.02. The normalized spacial score (nSPS) is 12.5. The molecular formula is C17H27ClO2. The predicted molar refractivity (Wildman–Crippen MR) is 86.1 cm³/mol. The molecule has 0 saturated heterocycles. The van der Waals surface area contributed by atoms with Crippen LogP contribution in [0.3, 0.4) is 0 Å². The Balaban J connectivity index is 2.80. The first-order valence-electron chi connectivity index (χ1n) is 7.48. The summed E-state index contributed by atoms with van der Waals surface area (Å²) < 4.78 is 11.2. The average molecular weight is 299 g/mol. The smallest absolute Gasteiger partial charge is 0.161 e. The van der Waals surface area contributed by atoms with Gasteiger partial charge >= 0.3 is 0 Å². The maximum Gasteiger partial charge on any atom is 0.161 e. The Morgan fingerprint density at radius 3 is 2.50 bits per heavy atom. The van der Waals surface area contributed by atoms with Crippen LogP contribution in [0.15, 0.2) is 18.2 Å². The summed E-state index contributed by atoms with van der Waals surface area (Å²) in [5.41, 5.74) is 1.26. The van der Waals surface area contributed by atoms with E-state index < -0.39 is 0 Å². The maximum atomic E-state index is 6.06. The third kappa shape index (κ3) is 5.24. The Hall–Kier alpha value is -0.890. The van der Waals surface area contributed by atoms with Gasteiger partial charge in [0.2, 0.25) is 0 Å². The van der Waals surface area contributed by atoms with Crippen LogP contribution in [0.1, 0.15) is 39.2 Å². The molecule has 0 N–H and O–H groups in total. The molecule has 1 aromatic rings. The lowest BCUT2D eigenvalue weighted by atomic mass is 9.91. The number of benzene rings is 1. The van der Waals surface area contributed by atoms with Gasteiger partial charge in [0.1, 0.15) is 0 Å². The van der Waals surface area contributed by atoms with Crippen LogP contribution >= 0.6 is 11.6 Å². The van der Waals surface area contributed by atoms with Crippen molar-refractivity contribution in [1.82, 2.24) is 0 Å². The Morgan fingerprint density at radius 1 is 1.20 bits per heavy atom. The van der Waals surface area contributed by atoms with Crippen molar-refractivity contribution in [1.29, 1.82) is 0 Å². The van der Waals surface area contributed by atoms with E-state index in [0.717, 1.165) is 37.4 Å². The number of alkyl halides is 1. The number of hydrogen-bond donors (Lipinski definition) is 0. The predicted octanol–water partition coefficient (Wildman–Crippen LogP) is 4.93. The van der Waals surface area contributed by atoms with Crippen molar-refractivity contribution in [2.75, 3.05) is 19.6 Å². The first kappa shape index (κ1) is 17.2. The molecule has 0 fully saturated rings. The third-order valence-electron chi connectivity index (χ3n) is 3.62. The van der Waals surface area contributed by atoms with Gasteiger partial charge in [0.25, 0.3) is 0 Å². The number of ether oxygens (including phenoxy) is 2. The van der Waals surface area contributed by atoms with E-state index >= 15 is 0 Å². The van der Waals surface area contributed by atoms with Crippen LogP contribution in [0.25, 0.3) is 0 Å². The van der Waals surface area contributed by atoms with Gasteiger partial charge in [-0.2, -0.15) is 0 Å². The Labute approximate surface area is 128 Å². The molecule has 0 aliphatic rings. The lowest BCUT2D eigenvalue weighted by Gasteiger charge is -2.19. The highest BCUT2D eigenvalue weighted by Crippen LogP contribution is 2.30. The molecule has 0 aliphatic heterocycles. The summed E-state index contributed by atoms with van der Waals surface area (Å²) in [5, 5.41) is 0. The van der Waals surface area contributed by atoms with Gasteiger partial charge in [-0.25, -0.2) is 0 Å². The van der Waals surface area contributed by atoms with E-state index in [2.05, 4.69) is 32.9 Å². The summed E-state index contributed by atoms with van der Waals surface area (Å²) in [6, 6.07) is 6.19. The molecule has 1 atom stereocenters. The van der Waals surface area contributed by atoms with Crippen LogP contribution in [-0.4, -0.2) is 19.6 Å². The van der Waals surface area contributed by atoms with Crippen LogP contribution in [-0.2, 0) is 6.42 Å². The molecule has 0 amide bonds. The Kier molecular flexibility index (Phi) is 7.83. The molecule has 1 aromatic carbocycles. The van der Waals surface area contributed by atoms with Crippen LogP contribution in [0.4, 0.5) is 0 Å². The first-order chi connectivity index (χ1) is 9.62. The fraction of sp³-hybridized carbons (Fsp3) is 0.647. The zero-order valence-electron chi connectivity index (χ0n) is 13.1. The van der Waals surface area contributed by atoms with E-state index in [1.807, 2.05) is 6.07 Å². The van der Waals surface area contributed by atoms with Crippen molar-refractivity contribution in [3.63, 3.8) is 0 Å². The monoisotopic (exact) mass is 298 g/mol. The highest BCUT2D eigenvalue weighted by atomic mass is 35.5. The van der Waals surface area contributed by atoms with Gasteiger partial charge in [-0.3, -0.25) is 0 Å². The Morgan fingerprint density at radius 2 is 1.95 bits per heavy atom. The SMILES string of the molecule is CCCCOc1cc(C[C@@H](CCl)C(C)C)ccc1OC. The lowest BCUT2D eigenvalue weighted by molar-refractivity contribution is 0.287. The minimum Gasteiger partial charge on any atom is -0.493 e. The molecule has 1 rings (SSSR count). The van der Waals surface area contributed by atoms with Gasteiger partial charge in [0.05, 0.1) is 13.7 Å². The van der Waals surface area contributed by atoms with Gasteiger partial charge in [-0.15, -0.1) is 11.6 Å². The average Bonchev–Trinajstić information content (AvgIpc) is 2.45. The summed E-state index contributed by atoms with van der Waals surface area (Å²) in [4.78, 5) is 0. The second kappa shape index (κ2) is 9.12. The van der Waals surface area contributed by atoms with E-state index in [-0.39, 0.29) is 0 Å². The molecular weight excluding hydrogens is 272 g/mol. The number of methoxy groups -OCH3 is 1.